The fourth-order valence-electron chi connectivity index (χ4n) is 3.15. The molecule has 0 unspecified atom stereocenters. The van der Waals surface area contributed by atoms with Crippen molar-refractivity contribution in [2.45, 2.75) is 19.0 Å². The van der Waals surface area contributed by atoms with Gasteiger partial charge in [-0.05, 0) is 36.2 Å². The van der Waals surface area contributed by atoms with Crippen LogP contribution in [0.4, 0.5) is 23.2 Å². The molecule has 3 rings (SSSR count). The van der Waals surface area contributed by atoms with Gasteiger partial charge in [0.2, 0.25) is 11.8 Å². The van der Waals surface area contributed by atoms with Gasteiger partial charge >= 0.3 is 6.18 Å². The second-order valence-electron chi connectivity index (χ2n) is 6.59. The summed E-state index contributed by atoms with van der Waals surface area (Å²) in [6.45, 7) is 0.208. The van der Waals surface area contributed by atoms with Crippen LogP contribution in [-0.4, -0.2) is 24.9 Å². The monoisotopic (exact) mass is 394 g/mol. The maximum Gasteiger partial charge on any atom is 0.416 e. The van der Waals surface area contributed by atoms with Gasteiger partial charge in [0.25, 0.3) is 0 Å². The minimum Gasteiger partial charge on any atom is -0.355 e. The number of hydrogen-bond acceptors (Lipinski definition) is 2. The molecule has 2 aromatic carbocycles. The third-order valence-corrected chi connectivity index (χ3v) is 4.63. The largest absolute Gasteiger partial charge is 0.416 e. The van der Waals surface area contributed by atoms with Gasteiger partial charge in [0.05, 0.1) is 11.5 Å². The molecule has 1 aliphatic rings. The van der Waals surface area contributed by atoms with E-state index in [2.05, 4.69) is 5.32 Å². The van der Waals surface area contributed by atoms with Crippen LogP contribution in [0, 0.1) is 11.7 Å². The van der Waals surface area contributed by atoms with Gasteiger partial charge in [-0.1, -0.05) is 24.3 Å². The molecule has 148 valence electrons. The molecule has 0 radical (unpaired) electrons. The van der Waals surface area contributed by atoms with Gasteiger partial charge in [-0.25, -0.2) is 4.39 Å². The van der Waals surface area contributed by atoms with E-state index in [1.165, 1.54) is 23.1 Å². The summed E-state index contributed by atoms with van der Waals surface area (Å²) in [6, 6.07) is 10.7. The van der Waals surface area contributed by atoms with Gasteiger partial charge in [-0.3, -0.25) is 9.59 Å². The molecule has 0 bridgehead atoms. The molecule has 1 atom stereocenters. The lowest BCUT2D eigenvalue weighted by molar-refractivity contribution is -0.137. The number of nitrogens with zero attached hydrogens (tertiary/aromatic N) is 1. The predicted octanol–water partition coefficient (Wildman–Crippen LogP) is 3.56. The first kappa shape index (κ1) is 19.9. The van der Waals surface area contributed by atoms with Crippen LogP contribution in [0.1, 0.15) is 17.5 Å². The van der Waals surface area contributed by atoms with Crippen molar-refractivity contribution in [2.24, 2.45) is 5.92 Å². The summed E-state index contributed by atoms with van der Waals surface area (Å²) in [6.07, 6.45) is -4.29. The number of halogens is 4. The molecule has 0 aliphatic carbocycles. The van der Waals surface area contributed by atoms with Crippen LogP contribution in [-0.2, 0) is 22.2 Å². The number of rotatable bonds is 5. The maximum atomic E-state index is 13.6. The van der Waals surface area contributed by atoms with Crippen LogP contribution in [0.15, 0.2) is 48.5 Å². The summed E-state index contributed by atoms with van der Waals surface area (Å²) in [5.74, 6) is -1.81. The number of carbonyl (C=O) groups is 2. The minimum atomic E-state index is -4.51. The summed E-state index contributed by atoms with van der Waals surface area (Å²) in [4.78, 5) is 25.7. The van der Waals surface area contributed by atoms with E-state index >= 15 is 0 Å². The van der Waals surface area contributed by atoms with Gasteiger partial charge in [0, 0.05) is 25.2 Å². The molecule has 1 N–H and O–H groups in total. The van der Waals surface area contributed by atoms with Gasteiger partial charge in [-0.15, -0.1) is 0 Å². The second kappa shape index (κ2) is 8.00. The Balaban J connectivity index is 1.59. The molecule has 0 aromatic heterocycles. The van der Waals surface area contributed by atoms with E-state index < -0.39 is 23.6 Å². The number of anilines is 1. The topological polar surface area (TPSA) is 49.4 Å². The Morgan fingerprint density at radius 1 is 1.14 bits per heavy atom. The molecule has 1 saturated heterocycles. The second-order valence-corrected chi connectivity index (χ2v) is 6.59. The number of nitrogens with one attached hydrogen (secondary N) is 1. The zero-order valence-electron chi connectivity index (χ0n) is 14.8. The fourth-order valence-corrected chi connectivity index (χ4v) is 3.15. The Hall–Kier alpha value is -2.90. The molecule has 8 heteroatoms. The van der Waals surface area contributed by atoms with Crippen LogP contribution < -0.4 is 10.2 Å². The van der Waals surface area contributed by atoms with Gasteiger partial charge < -0.3 is 10.2 Å². The standard InChI is InChI=1S/C20H18F4N2O2/c21-17-7-2-1-4-13(17)8-9-25-19(28)14-10-18(27)26(12-14)16-6-3-5-15(11-16)20(22,23)24/h1-7,11,14H,8-10,12H2,(H,25,28)/t14-/m1/s1. The predicted molar refractivity (Wildman–Crippen MR) is 95.0 cm³/mol. The van der Waals surface area contributed by atoms with Crippen LogP contribution in [0.5, 0.6) is 0 Å². The third kappa shape index (κ3) is 4.49. The van der Waals surface area contributed by atoms with E-state index in [1.807, 2.05) is 0 Å². The van der Waals surface area contributed by atoms with Crippen molar-refractivity contribution >= 4 is 17.5 Å². The lowest BCUT2D eigenvalue weighted by Gasteiger charge is -2.18. The number of benzene rings is 2. The van der Waals surface area contributed by atoms with Crippen molar-refractivity contribution in [3.8, 4) is 0 Å². The van der Waals surface area contributed by atoms with E-state index in [9.17, 15) is 27.2 Å². The van der Waals surface area contributed by atoms with E-state index in [0.29, 0.717) is 12.0 Å². The van der Waals surface area contributed by atoms with Gasteiger partial charge in [0.15, 0.2) is 0 Å². The van der Waals surface area contributed by atoms with Crippen molar-refractivity contribution in [3.05, 3.63) is 65.5 Å². The molecule has 2 aromatic rings. The first-order valence-corrected chi connectivity index (χ1v) is 8.74. The number of carbonyl (C=O) groups excluding carboxylic acids is 2. The maximum absolute atomic E-state index is 13.6. The Morgan fingerprint density at radius 3 is 2.61 bits per heavy atom. The highest BCUT2D eigenvalue weighted by Gasteiger charge is 2.36. The summed E-state index contributed by atoms with van der Waals surface area (Å²) < 4.78 is 52.2. The first-order valence-electron chi connectivity index (χ1n) is 8.74. The van der Waals surface area contributed by atoms with E-state index in [4.69, 9.17) is 0 Å². The molecular formula is C20H18F4N2O2. The van der Waals surface area contributed by atoms with Crippen molar-refractivity contribution < 1.29 is 27.2 Å². The highest BCUT2D eigenvalue weighted by atomic mass is 19.4. The summed E-state index contributed by atoms with van der Waals surface area (Å²) >= 11 is 0. The molecule has 28 heavy (non-hydrogen) atoms. The minimum absolute atomic E-state index is 0.00563. The zero-order valence-corrected chi connectivity index (χ0v) is 14.8. The van der Waals surface area contributed by atoms with Crippen LogP contribution in [0.3, 0.4) is 0 Å². The van der Waals surface area contributed by atoms with Crippen molar-refractivity contribution in [3.63, 3.8) is 0 Å². The average molecular weight is 394 g/mol. The average Bonchev–Trinajstić information content (AvgIpc) is 3.04. The fraction of sp³-hybridized carbons (Fsp3) is 0.300. The number of amides is 2. The Bertz CT molecular complexity index is 883. The lowest BCUT2D eigenvalue weighted by Crippen LogP contribution is -2.34. The highest BCUT2D eigenvalue weighted by molar-refractivity contribution is 6.00. The molecular weight excluding hydrogens is 376 g/mol. The molecule has 1 aliphatic heterocycles. The van der Waals surface area contributed by atoms with Crippen molar-refractivity contribution in [2.75, 3.05) is 18.0 Å². The zero-order chi connectivity index (χ0) is 20.3. The van der Waals surface area contributed by atoms with E-state index in [-0.39, 0.29) is 36.9 Å². The molecule has 1 fully saturated rings. The molecule has 1 heterocycles. The number of alkyl halides is 3. The highest BCUT2D eigenvalue weighted by Crippen LogP contribution is 2.33. The van der Waals surface area contributed by atoms with E-state index in [0.717, 1.165) is 12.1 Å². The Labute approximate surface area is 159 Å². The normalized spacial score (nSPS) is 17.1. The summed E-state index contributed by atoms with van der Waals surface area (Å²) in [5.41, 5.74) is -0.270. The molecule has 2 amide bonds. The van der Waals surface area contributed by atoms with Crippen molar-refractivity contribution in [1.82, 2.24) is 5.32 Å². The van der Waals surface area contributed by atoms with E-state index in [1.54, 1.807) is 18.2 Å². The van der Waals surface area contributed by atoms with Crippen LogP contribution in [0.25, 0.3) is 0 Å². The SMILES string of the molecule is O=C(NCCc1ccccc1F)[C@@H]1CC(=O)N(c2cccc(C(F)(F)F)c2)C1. The Kier molecular flexibility index (Phi) is 5.67. The van der Waals surface area contributed by atoms with Crippen LogP contribution >= 0.6 is 0 Å². The van der Waals surface area contributed by atoms with Gasteiger partial charge in [0.1, 0.15) is 5.82 Å². The molecule has 0 spiro atoms. The van der Waals surface area contributed by atoms with Gasteiger partial charge in [-0.2, -0.15) is 13.2 Å². The molecule has 4 nitrogen and oxygen atoms in total. The quantitative estimate of drug-likeness (QED) is 0.789. The summed E-state index contributed by atoms with van der Waals surface area (Å²) in [7, 11) is 0. The molecule has 0 saturated carbocycles. The summed E-state index contributed by atoms with van der Waals surface area (Å²) in [5, 5.41) is 2.66. The Morgan fingerprint density at radius 2 is 1.89 bits per heavy atom. The van der Waals surface area contributed by atoms with Crippen LogP contribution in [0.2, 0.25) is 0 Å². The lowest BCUT2D eigenvalue weighted by atomic mass is 10.1. The first-order chi connectivity index (χ1) is 13.3. The number of hydrogen-bond donors (Lipinski definition) is 1. The smallest absolute Gasteiger partial charge is 0.355 e. The third-order valence-electron chi connectivity index (χ3n) is 4.63. The van der Waals surface area contributed by atoms with Crippen molar-refractivity contribution in [1.29, 1.82) is 0 Å².